The van der Waals surface area contributed by atoms with Crippen LogP contribution in [0.2, 0.25) is 0 Å². The summed E-state index contributed by atoms with van der Waals surface area (Å²) in [5, 5.41) is 4.75. The Morgan fingerprint density at radius 2 is 1.90 bits per heavy atom. The molecule has 1 saturated carbocycles. The lowest BCUT2D eigenvalue weighted by atomic mass is 9.88. The van der Waals surface area contributed by atoms with Gasteiger partial charge < -0.3 is 10.2 Å². The molecule has 1 saturated heterocycles. The monoisotopic (exact) mass is 393 g/mol. The molecule has 1 atom stereocenters. The normalized spacial score (nSPS) is 21.5. The Balaban J connectivity index is 1.58. The van der Waals surface area contributed by atoms with E-state index in [-0.39, 0.29) is 18.4 Å². The number of nitrogens with one attached hydrogen (secondary N) is 1. The van der Waals surface area contributed by atoms with Crippen molar-refractivity contribution in [2.24, 2.45) is 5.92 Å². The SMILES string of the molecule is CCCN(CC1CC1)C(=O)CN1C(=O)N[C@](C)(c2cccc3ccccc23)C1=O. The number of hydrogen-bond donors (Lipinski definition) is 1. The smallest absolute Gasteiger partial charge is 0.325 e. The Morgan fingerprint density at radius 3 is 2.62 bits per heavy atom. The second-order valence-electron chi connectivity index (χ2n) is 8.26. The first-order valence-electron chi connectivity index (χ1n) is 10.3. The molecule has 0 aromatic heterocycles. The van der Waals surface area contributed by atoms with E-state index in [9.17, 15) is 14.4 Å². The lowest BCUT2D eigenvalue weighted by Crippen LogP contribution is -2.45. The fraction of sp³-hybridized carbons (Fsp3) is 0.435. The summed E-state index contributed by atoms with van der Waals surface area (Å²) in [6, 6.07) is 13.0. The van der Waals surface area contributed by atoms with E-state index in [1.807, 2.05) is 49.4 Å². The zero-order valence-corrected chi connectivity index (χ0v) is 17.0. The van der Waals surface area contributed by atoms with E-state index in [4.69, 9.17) is 0 Å². The van der Waals surface area contributed by atoms with Gasteiger partial charge in [-0.25, -0.2) is 4.79 Å². The van der Waals surface area contributed by atoms with Crippen molar-refractivity contribution in [3.63, 3.8) is 0 Å². The molecular weight excluding hydrogens is 366 g/mol. The van der Waals surface area contributed by atoms with Gasteiger partial charge in [-0.3, -0.25) is 14.5 Å². The average molecular weight is 393 g/mol. The first kappa shape index (κ1) is 19.4. The molecule has 6 heteroatoms. The van der Waals surface area contributed by atoms with Crippen LogP contribution in [0.15, 0.2) is 42.5 Å². The zero-order valence-electron chi connectivity index (χ0n) is 17.0. The van der Waals surface area contributed by atoms with Crippen molar-refractivity contribution in [2.45, 2.75) is 38.6 Å². The number of fused-ring (bicyclic) bond motifs is 1. The van der Waals surface area contributed by atoms with E-state index >= 15 is 0 Å². The Kier molecular flexibility index (Phi) is 5.03. The van der Waals surface area contributed by atoms with Crippen LogP contribution in [0.4, 0.5) is 4.79 Å². The molecule has 6 nitrogen and oxygen atoms in total. The highest BCUT2D eigenvalue weighted by Crippen LogP contribution is 2.34. The maximum atomic E-state index is 13.3. The molecule has 4 rings (SSSR count). The quantitative estimate of drug-likeness (QED) is 0.734. The van der Waals surface area contributed by atoms with E-state index in [0.717, 1.165) is 47.0 Å². The first-order valence-corrected chi connectivity index (χ1v) is 10.3. The number of nitrogens with zero attached hydrogens (tertiary/aromatic N) is 2. The van der Waals surface area contributed by atoms with Crippen LogP contribution >= 0.6 is 0 Å². The highest BCUT2D eigenvalue weighted by Gasteiger charge is 2.50. The summed E-state index contributed by atoms with van der Waals surface area (Å²) in [6.45, 7) is 4.90. The van der Waals surface area contributed by atoms with Crippen LogP contribution in [0.5, 0.6) is 0 Å². The summed E-state index contributed by atoms with van der Waals surface area (Å²) in [4.78, 5) is 41.7. The van der Waals surface area contributed by atoms with E-state index in [2.05, 4.69) is 5.32 Å². The largest absolute Gasteiger partial charge is 0.341 e. The minimum Gasteiger partial charge on any atom is -0.341 e. The van der Waals surface area contributed by atoms with Crippen molar-refractivity contribution < 1.29 is 14.4 Å². The highest BCUT2D eigenvalue weighted by molar-refractivity contribution is 6.10. The predicted molar refractivity (Wildman–Crippen MR) is 111 cm³/mol. The van der Waals surface area contributed by atoms with Crippen molar-refractivity contribution in [2.75, 3.05) is 19.6 Å². The second kappa shape index (κ2) is 7.50. The van der Waals surface area contributed by atoms with E-state index < -0.39 is 11.6 Å². The standard InChI is InChI=1S/C23H27N3O3/c1-3-13-25(14-16-11-12-16)20(27)15-26-21(28)23(2,24-22(26)29)19-10-6-8-17-7-4-5-9-18(17)19/h4-10,16H,3,11-15H2,1-2H3,(H,24,29)/t23-/m1/s1. The number of carbonyl (C=O) groups excluding carboxylic acids is 3. The predicted octanol–water partition coefficient (Wildman–Crippen LogP) is 3.26. The van der Waals surface area contributed by atoms with Crippen molar-refractivity contribution >= 4 is 28.6 Å². The Hall–Kier alpha value is -2.89. The molecule has 1 N–H and O–H groups in total. The molecule has 2 fully saturated rings. The van der Waals surface area contributed by atoms with Crippen LogP contribution in [-0.4, -0.2) is 47.3 Å². The lowest BCUT2D eigenvalue weighted by Gasteiger charge is -2.26. The third kappa shape index (κ3) is 3.59. The van der Waals surface area contributed by atoms with Crippen molar-refractivity contribution in [1.82, 2.24) is 15.1 Å². The van der Waals surface area contributed by atoms with Crippen molar-refractivity contribution in [3.8, 4) is 0 Å². The van der Waals surface area contributed by atoms with Crippen LogP contribution in [0.3, 0.4) is 0 Å². The molecule has 4 amide bonds. The van der Waals surface area contributed by atoms with Crippen molar-refractivity contribution in [1.29, 1.82) is 0 Å². The number of rotatable bonds is 7. The Morgan fingerprint density at radius 1 is 1.17 bits per heavy atom. The molecule has 0 unspecified atom stereocenters. The third-order valence-electron chi connectivity index (χ3n) is 5.92. The van der Waals surface area contributed by atoms with Gasteiger partial charge in [0.25, 0.3) is 5.91 Å². The van der Waals surface area contributed by atoms with Gasteiger partial charge in [0.2, 0.25) is 5.91 Å². The van der Waals surface area contributed by atoms with Gasteiger partial charge in [0.05, 0.1) is 0 Å². The van der Waals surface area contributed by atoms with E-state index in [0.29, 0.717) is 12.5 Å². The summed E-state index contributed by atoms with van der Waals surface area (Å²) < 4.78 is 0. The maximum Gasteiger partial charge on any atom is 0.325 e. The molecule has 2 aromatic rings. The Bertz CT molecular complexity index is 963. The number of hydrogen-bond acceptors (Lipinski definition) is 3. The summed E-state index contributed by atoms with van der Waals surface area (Å²) in [5.74, 6) is 0.0223. The second-order valence-corrected chi connectivity index (χ2v) is 8.26. The average Bonchev–Trinajstić information content (AvgIpc) is 3.51. The molecule has 0 bridgehead atoms. The first-order chi connectivity index (χ1) is 13.9. The molecular formula is C23H27N3O3. The van der Waals surface area contributed by atoms with Gasteiger partial charge in [-0.2, -0.15) is 0 Å². The molecule has 152 valence electrons. The molecule has 29 heavy (non-hydrogen) atoms. The molecule has 0 radical (unpaired) electrons. The molecule has 0 spiro atoms. The molecule has 1 heterocycles. The van der Waals surface area contributed by atoms with Crippen LogP contribution in [0, 0.1) is 5.92 Å². The van der Waals surface area contributed by atoms with Crippen molar-refractivity contribution in [3.05, 3.63) is 48.0 Å². The molecule has 1 aliphatic heterocycles. The van der Waals surface area contributed by atoms with Gasteiger partial charge in [0, 0.05) is 13.1 Å². The van der Waals surface area contributed by atoms with Crippen LogP contribution in [-0.2, 0) is 15.1 Å². The lowest BCUT2D eigenvalue weighted by molar-refractivity contribution is -0.139. The summed E-state index contributed by atoms with van der Waals surface area (Å²) in [7, 11) is 0. The van der Waals surface area contributed by atoms with Gasteiger partial charge in [0.1, 0.15) is 12.1 Å². The van der Waals surface area contributed by atoms with Gasteiger partial charge in [-0.05, 0) is 48.4 Å². The highest BCUT2D eigenvalue weighted by atomic mass is 16.2. The molecule has 2 aliphatic rings. The van der Waals surface area contributed by atoms with Crippen LogP contribution in [0.1, 0.15) is 38.7 Å². The fourth-order valence-electron chi connectivity index (χ4n) is 4.12. The fourth-order valence-corrected chi connectivity index (χ4v) is 4.12. The summed E-state index contributed by atoms with van der Waals surface area (Å²) >= 11 is 0. The maximum absolute atomic E-state index is 13.3. The Labute approximate surface area is 170 Å². The molecule has 1 aliphatic carbocycles. The number of imide groups is 1. The number of benzene rings is 2. The topological polar surface area (TPSA) is 69.7 Å². The van der Waals surface area contributed by atoms with Gasteiger partial charge >= 0.3 is 6.03 Å². The summed E-state index contributed by atoms with van der Waals surface area (Å²) in [6.07, 6.45) is 3.15. The van der Waals surface area contributed by atoms with E-state index in [1.165, 1.54) is 0 Å². The zero-order chi connectivity index (χ0) is 20.6. The number of carbonyl (C=O) groups is 3. The van der Waals surface area contributed by atoms with Gasteiger partial charge in [-0.1, -0.05) is 49.4 Å². The minimum atomic E-state index is -1.19. The number of urea groups is 1. The van der Waals surface area contributed by atoms with Gasteiger partial charge in [-0.15, -0.1) is 0 Å². The number of amides is 4. The minimum absolute atomic E-state index is 0.163. The summed E-state index contributed by atoms with van der Waals surface area (Å²) in [5.41, 5.74) is -0.447. The molecule has 2 aromatic carbocycles. The van der Waals surface area contributed by atoms with E-state index in [1.54, 1.807) is 11.8 Å². The van der Waals surface area contributed by atoms with Gasteiger partial charge in [0.15, 0.2) is 0 Å². The van der Waals surface area contributed by atoms with Crippen LogP contribution < -0.4 is 5.32 Å². The van der Waals surface area contributed by atoms with Crippen LogP contribution in [0.25, 0.3) is 10.8 Å². The third-order valence-corrected chi connectivity index (χ3v) is 5.92.